The van der Waals surface area contributed by atoms with Gasteiger partial charge in [0.2, 0.25) is 0 Å². The van der Waals surface area contributed by atoms with Crippen LogP contribution in [0.2, 0.25) is 0 Å². The molecule has 1 aromatic rings. The van der Waals surface area contributed by atoms with E-state index >= 15 is 0 Å². The molecule has 0 spiro atoms. The van der Waals surface area contributed by atoms with Crippen molar-refractivity contribution in [1.29, 1.82) is 0 Å². The van der Waals surface area contributed by atoms with Gasteiger partial charge in [-0.15, -0.1) is 0 Å². The van der Waals surface area contributed by atoms with E-state index in [-0.39, 0.29) is 11.6 Å². The maximum atomic E-state index is 6.21. The summed E-state index contributed by atoms with van der Waals surface area (Å²) >= 11 is 0. The van der Waals surface area contributed by atoms with Gasteiger partial charge in [0.05, 0.1) is 6.04 Å². The second kappa shape index (κ2) is 4.33. The highest BCUT2D eigenvalue weighted by Crippen LogP contribution is 2.28. The van der Waals surface area contributed by atoms with Crippen molar-refractivity contribution in [3.63, 3.8) is 0 Å². The van der Waals surface area contributed by atoms with Crippen molar-refractivity contribution in [1.82, 2.24) is 4.90 Å². The van der Waals surface area contributed by atoms with E-state index in [0.29, 0.717) is 0 Å². The Kier molecular flexibility index (Phi) is 3.53. The van der Waals surface area contributed by atoms with Crippen LogP contribution < -0.4 is 5.73 Å². The predicted octanol–water partition coefficient (Wildman–Crippen LogP) is 2.34. The lowest BCUT2D eigenvalue weighted by Gasteiger charge is -2.36. The van der Waals surface area contributed by atoms with Crippen molar-refractivity contribution in [2.24, 2.45) is 5.73 Å². The van der Waals surface area contributed by atoms with Crippen LogP contribution >= 0.6 is 0 Å². The fraction of sp³-hybridized carbons (Fsp3) is 0.538. The minimum atomic E-state index is -0.237. The summed E-state index contributed by atoms with van der Waals surface area (Å²) in [6, 6.07) is 8.84. The van der Waals surface area contributed by atoms with Gasteiger partial charge in [0.25, 0.3) is 0 Å². The van der Waals surface area contributed by atoms with Crippen LogP contribution in [0.5, 0.6) is 0 Å². The summed E-state index contributed by atoms with van der Waals surface area (Å²) in [5.74, 6) is 0. The molecule has 84 valence electrons. The van der Waals surface area contributed by atoms with E-state index in [4.69, 9.17) is 5.73 Å². The molecule has 0 fully saturated rings. The molecule has 15 heavy (non-hydrogen) atoms. The Hall–Kier alpha value is -0.860. The van der Waals surface area contributed by atoms with Crippen molar-refractivity contribution in [2.45, 2.75) is 32.4 Å². The van der Waals surface area contributed by atoms with Crippen molar-refractivity contribution in [3.8, 4) is 0 Å². The van der Waals surface area contributed by atoms with Crippen LogP contribution in [-0.4, -0.2) is 24.5 Å². The minimum absolute atomic E-state index is 0.237. The molecule has 0 amide bonds. The first-order chi connectivity index (χ1) is 6.82. The third kappa shape index (κ3) is 3.05. The first-order valence-corrected chi connectivity index (χ1v) is 5.34. The molecule has 1 aromatic carbocycles. The fourth-order valence-corrected chi connectivity index (χ4v) is 2.14. The Morgan fingerprint density at radius 2 is 1.60 bits per heavy atom. The molecular weight excluding hydrogens is 184 g/mol. The highest BCUT2D eigenvalue weighted by Gasteiger charge is 2.28. The number of nitrogens with two attached hydrogens (primary N) is 1. The molecule has 2 N–H and O–H groups in total. The van der Waals surface area contributed by atoms with Crippen LogP contribution in [0.3, 0.4) is 0 Å². The fourth-order valence-electron chi connectivity index (χ4n) is 2.14. The molecule has 0 aromatic heterocycles. The quantitative estimate of drug-likeness (QED) is 0.822. The van der Waals surface area contributed by atoms with Crippen LogP contribution in [0.4, 0.5) is 0 Å². The average Bonchev–Trinajstić information content (AvgIpc) is 2.05. The molecule has 0 saturated carbocycles. The zero-order valence-electron chi connectivity index (χ0n) is 10.4. The summed E-state index contributed by atoms with van der Waals surface area (Å²) in [6.07, 6.45) is 0. The summed E-state index contributed by atoms with van der Waals surface area (Å²) in [4.78, 5) is 2.17. The zero-order valence-corrected chi connectivity index (χ0v) is 10.4. The zero-order chi connectivity index (χ0) is 11.6. The Morgan fingerprint density at radius 1 is 1.13 bits per heavy atom. The number of aryl methyl sites for hydroxylation is 1. The summed E-state index contributed by atoms with van der Waals surface area (Å²) in [5, 5.41) is 0. The van der Waals surface area contributed by atoms with E-state index in [1.54, 1.807) is 0 Å². The molecule has 2 nitrogen and oxygen atoms in total. The monoisotopic (exact) mass is 206 g/mol. The highest BCUT2D eigenvalue weighted by molar-refractivity contribution is 5.26. The number of hydrogen-bond acceptors (Lipinski definition) is 2. The van der Waals surface area contributed by atoms with Crippen LogP contribution in [0.25, 0.3) is 0 Å². The Bertz CT molecular complexity index is 306. The molecule has 0 aliphatic carbocycles. The number of nitrogens with zero attached hydrogens (tertiary/aromatic N) is 1. The lowest BCUT2D eigenvalue weighted by Crippen LogP contribution is -2.45. The predicted molar refractivity (Wildman–Crippen MR) is 65.9 cm³/mol. The number of rotatable bonds is 3. The normalized spacial score (nSPS) is 14.3. The number of likely N-dealkylation sites (N-methyl/N-ethyl adjacent to an activating group) is 1. The summed E-state index contributed by atoms with van der Waals surface area (Å²) in [6.45, 7) is 6.23. The van der Waals surface area contributed by atoms with Crippen LogP contribution in [-0.2, 0) is 0 Å². The molecule has 0 bridgehead atoms. The van der Waals surface area contributed by atoms with Crippen molar-refractivity contribution < 1.29 is 0 Å². The summed E-state index contributed by atoms with van der Waals surface area (Å²) in [7, 11) is 4.14. The standard InChI is InChI=1S/C13H22N2/c1-10-6-8-11(9-7-10)12(15(4)5)13(2,3)14/h6-9,12H,14H2,1-5H3. The SMILES string of the molecule is Cc1ccc(C(N(C)C)C(C)(C)N)cc1. The van der Waals surface area contributed by atoms with Crippen LogP contribution in [0.15, 0.2) is 24.3 Å². The van der Waals surface area contributed by atoms with Crippen LogP contribution in [0.1, 0.15) is 31.0 Å². The first-order valence-electron chi connectivity index (χ1n) is 5.34. The lowest BCUT2D eigenvalue weighted by molar-refractivity contribution is 0.205. The van der Waals surface area contributed by atoms with E-state index in [1.807, 2.05) is 0 Å². The summed E-state index contributed by atoms with van der Waals surface area (Å²) < 4.78 is 0. The second-order valence-corrected chi connectivity index (χ2v) is 5.10. The molecule has 0 heterocycles. The second-order valence-electron chi connectivity index (χ2n) is 5.10. The Balaban J connectivity index is 3.05. The van der Waals surface area contributed by atoms with Gasteiger partial charge in [-0.2, -0.15) is 0 Å². The van der Waals surface area contributed by atoms with Crippen molar-refractivity contribution in [3.05, 3.63) is 35.4 Å². The van der Waals surface area contributed by atoms with Gasteiger partial charge in [0.1, 0.15) is 0 Å². The highest BCUT2D eigenvalue weighted by atomic mass is 15.1. The molecule has 0 aliphatic heterocycles. The average molecular weight is 206 g/mol. The van der Waals surface area contributed by atoms with E-state index in [1.165, 1.54) is 11.1 Å². The number of benzene rings is 1. The van der Waals surface area contributed by atoms with Gasteiger partial charge >= 0.3 is 0 Å². The molecule has 0 aliphatic rings. The Labute approximate surface area is 93.1 Å². The van der Waals surface area contributed by atoms with Gasteiger partial charge < -0.3 is 10.6 Å². The van der Waals surface area contributed by atoms with Gasteiger partial charge in [-0.3, -0.25) is 0 Å². The van der Waals surface area contributed by atoms with Crippen LogP contribution in [0, 0.1) is 6.92 Å². The summed E-state index contributed by atoms with van der Waals surface area (Å²) in [5.41, 5.74) is 8.53. The van der Waals surface area contributed by atoms with E-state index in [2.05, 4.69) is 64.0 Å². The third-order valence-corrected chi connectivity index (χ3v) is 2.61. The van der Waals surface area contributed by atoms with E-state index in [0.717, 1.165) is 0 Å². The maximum absolute atomic E-state index is 6.21. The molecule has 0 radical (unpaired) electrons. The van der Waals surface area contributed by atoms with Crippen molar-refractivity contribution in [2.75, 3.05) is 14.1 Å². The molecule has 0 saturated heterocycles. The molecule has 1 atom stereocenters. The van der Waals surface area contributed by atoms with Gasteiger partial charge in [-0.25, -0.2) is 0 Å². The Morgan fingerprint density at radius 3 is 1.93 bits per heavy atom. The van der Waals surface area contributed by atoms with Crippen molar-refractivity contribution >= 4 is 0 Å². The minimum Gasteiger partial charge on any atom is -0.324 e. The van der Waals surface area contributed by atoms with Gasteiger partial charge in [-0.1, -0.05) is 29.8 Å². The van der Waals surface area contributed by atoms with Gasteiger partial charge in [0, 0.05) is 5.54 Å². The smallest absolute Gasteiger partial charge is 0.0517 e. The molecule has 1 rings (SSSR count). The lowest BCUT2D eigenvalue weighted by atomic mass is 9.88. The van der Waals surface area contributed by atoms with Gasteiger partial charge in [-0.05, 0) is 40.4 Å². The molecule has 2 heteroatoms. The number of hydrogen-bond donors (Lipinski definition) is 1. The van der Waals surface area contributed by atoms with E-state index in [9.17, 15) is 0 Å². The maximum Gasteiger partial charge on any atom is 0.0517 e. The first kappa shape index (κ1) is 12.2. The van der Waals surface area contributed by atoms with E-state index < -0.39 is 0 Å². The molecular formula is C13H22N2. The van der Waals surface area contributed by atoms with Gasteiger partial charge in [0.15, 0.2) is 0 Å². The largest absolute Gasteiger partial charge is 0.324 e. The third-order valence-electron chi connectivity index (χ3n) is 2.61. The topological polar surface area (TPSA) is 29.3 Å². The molecule has 1 unspecified atom stereocenters.